The van der Waals surface area contributed by atoms with Gasteiger partial charge >= 0.3 is 0 Å². The third kappa shape index (κ3) is 2.89. The topological polar surface area (TPSA) is 66.0 Å². The van der Waals surface area contributed by atoms with Gasteiger partial charge in [0, 0.05) is 17.5 Å². The zero-order valence-corrected chi connectivity index (χ0v) is 13.1. The Morgan fingerprint density at radius 3 is 3.10 bits per heavy atom. The molecule has 1 saturated carbocycles. The first-order chi connectivity index (χ1) is 10.1. The van der Waals surface area contributed by atoms with Gasteiger partial charge in [-0.1, -0.05) is 17.8 Å². The van der Waals surface area contributed by atoms with Crippen LogP contribution in [-0.4, -0.2) is 31.4 Å². The third-order valence-corrected chi connectivity index (χ3v) is 5.03. The number of rotatable bonds is 4. The SMILES string of the molecule is CC(C)NC1(C#N)CCC(Sc2nnc3ccccn23)C1. The highest BCUT2D eigenvalue weighted by atomic mass is 32.2. The van der Waals surface area contributed by atoms with Crippen molar-refractivity contribution >= 4 is 17.4 Å². The normalized spacial score (nSPS) is 25.5. The van der Waals surface area contributed by atoms with Gasteiger partial charge < -0.3 is 0 Å². The van der Waals surface area contributed by atoms with E-state index in [1.54, 1.807) is 11.8 Å². The van der Waals surface area contributed by atoms with E-state index in [4.69, 9.17) is 0 Å². The van der Waals surface area contributed by atoms with Crippen molar-refractivity contribution in [1.82, 2.24) is 19.9 Å². The van der Waals surface area contributed by atoms with Gasteiger partial charge in [-0.2, -0.15) is 5.26 Å². The summed E-state index contributed by atoms with van der Waals surface area (Å²) in [5.74, 6) is 0. The summed E-state index contributed by atoms with van der Waals surface area (Å²) in [5, 5.41) is 22.7. The number of pyridine rings is 1. The number of hydrogen-bond donors (Lipinski definition) is 1. The summed E-state index contributed by atoms with van der Waals surface area (Å²) >= 11 is 1.73. The van der Waals surface area contributed by atoms with Crippen molar-refractivity contribution in [3.8, 4) is 6.07 Å². The first kappa shape index (κ1) is 14.4. The van der Waals surface area contributed by atoms with Crippen LogP contribution in [0.5, 0.6) is 0 Å². The predicted octanol–water partition coefficient (Wildman–Crippen LogP) is 2.63. The lowest BCUT2D eigenvalue weighted by Crippen LogP contribution is -2.45. The predicted molar refractivity (Wildman–Crippen MR) is 83.1 cm³/mol. The number of thioether (sulfide) groups is 1. The van der Waals surface area contributed by atoms with Gasteiger partial charge in [0.25, 0.3) is 0 Å². The van der Waals surface area contributed by atoms with Crippen molar-refractivity contribution in [1.29, 1.82) is 5.26 Å². The molecule has 1 fully saturated rings. The summed E-state index contributed by atoms with van der Waals surface area (Å²) < 4.78 is 2.01. The van der Waals surface area contributed by atoms with Gasteiger partial charge in [-0.15, -0.1) is 10.2 Å². The molecule has 0 radical (unpaired) electrons. The van der Waals surface area contributed by atoms with Gasteiger partial charge in [0.15, 0.2) is 10.8 Å². The van der Waals surface area contributed by atoms with Crippen molar-refractivity contribution in [2.24, 2.45) is 0 Å². The highest BCUT2D eigenvalue weighted by molar-refractivity contribution is 7.99. The number of hydrogen-bond acceptors (Lipinski definition) is 5. The second-order valence-electron chi connectivity index (χ2n) is 5.89. The van der Waals surface area contributed by atoms with Crippen molar-refractivity contribution < 1.29 is 0 Å². The Hall–Kier alpha value is -1.58. The molecule has 0 bridgehead atoms. The molecular weight excluding hydrogens is 282 g/mol. The highest BCUT2D eigenvalue weighted by Crippen LogP contribution is 2.39. The zero-order chi connectivity index (χ0) is 14.9. The summed E-state index contributed by atoms with van der Waals surface area (Å²) in [6, 6.07) is 8.70. The number of nitriles is 1. The van der Waals surface area contributed by atoms with E-state index in [-0.39, 0.29) is 5.54 Å². The van der Waals surface area contributed by atoms with Crippen molar-refractivity contribution in [2.75, 3.05) is 0 Å². The van der Waals surface area contributed by atoms with Gasteiger partial charge in [-0.3, -0.25) is 9.72 Å². The quantitative estimate of drug-likeness (QED) is 0.940. The van der Waals surface area contributed by atoms with E-state index in [1.807, 2.05) is 28.8 Å². The number of nitrogens with one attached hydrogen (secondary N) is 1. The second-order valence-corrected chi connectivity index (χ2v) is 7.15. The smallest absolute Gasteiger partial charge is 0.195 e. The molecule has 0 amide bonds. The lowest BCUT2D eigenvalue weighted by molar-refractivity contribution is 0.386. The van der Waals surface area contributed by atoms with Crippen LogP contribution in [0.2, 0.25) is 0 Å². The van der Waals surface area contributed by atoms with Gasteiger partial charge in [0.05, 0.1) is 6.07 Å². The molecule has 2 atom stereocenters. The molecule has 2 unspecified atom stereocenters. The molecule has 1 aliphatic carbocycles. The van der Waals surface area contributed by atoms with Crippen LogP contribution < -0.4 is 5.32 Å². The van der Waals surface area contributed by atoms with Crippen LogP contribution in [0.3, 0.4) is 0 Å². The Morgan fingerprint density at radius 1 is 1.48 bits per heavy atom. The average molecular weight is 301 g/mol. The van der Waals surface area contributed by atoms with Gasteiger partial charge in [-0.25, -0.2) is 0 Å². The van der Waals surface area contributed by atoms with E-state index >= 15 is 0 Å². The standard InChI is InChI=1S/C15H19N5S/c1-11(2)17-15(10-16)7-6-12(9-15)21-14-19-18-13-5-3-4-8-20(13)14/h3-5,8,11-12,17H,6-7,9H2,1-2H3. The minimum absolute atomic E-state index is 0.322. The summed E-state index contributed by atoms with van der Waals surface area (Å²) in [5.41, 5.74) is 0.483. The van der Waals surface area contributed by atoms with Gasteiger partial charge in [0.1, 0.15) is 5.54 Å². The zero-order valence-electron chi connectivity index (χ0n) is 12.3. The van der Waals surface area contributed by atoms with Crippen LogP contribution >= 0.6 is 11.8 Å². The molecule has 2 heterocycles. The first-order valence-electron chi connectivity index (χ1n) is 7.27. The molecule has 1 N–H and O–H groups in total. The van der Waals surface area contributed by atoms with Crippen molar-refractivity contribution in [2.45, 2.75) is 55.1 Å². The molecule has 110 valence electrons. The van der Waals surface area contributed by atoms with E-state index in [0.717, 1.165) is 30.1 Å². The molecule has 0 aromatic carbocycles. The molecule has 6 heteroatoms. The van der Waals surface area contributed by atoms with Crippen molar-refractivity contribution in [3.63, 3.8) is 0 Å². The molecular formula is C15H19N5S. The Kier molecular flexibility index (Phi) is 3.87. The molecule has 0 saturated heterocycles. The van der Waals surface area contributed by atoms with Crippen LogP contribution in [0.25, 0.3) is 5.65 Å². The Morgan fingerprint density at radius 2 is 2.33 bits per heavy atom. The summed E-state index contributed by atoms with van der Waals surface area (Å²) in [4.78, 5) is 0. The van der Waals surface area contributed by atoms with Crippen LogP contribution in [0.15, 0.2) is 29.6 Å². The maximum Gasteiger partial charge on any atom is 0.195 e. The van der Waals surface area contributed by atoms with E-state index in [9.17, 15) is 5.26 Å². The fraction of sp³-hybridized carbons (Fsp3) is 0.533. The summed E-state index contributed by atoms with van der Waals surface area (Å²) in [6.45, 7) is 4.18. The Labute approximate surface area is 128 Å². The number of nitrogens with zero attached hydrogens (tertiary/aromatic N) is 4. The third-order valence-electron chi connectivity index (χ3n) is 3.80. The minimum atomic E-state index is -0.383. The van der Waals surface area contributed by atoms with E-state index in [0.29, 0.717) is 11.3 Å². The van der Waals surface area contributed by atoms with E-state index in [1.165, 1.54) is 0 Å². The maximum absolute atomic E-state index is 9.53. The van der Waals surface area contributed by atoms with Crippen LogP contribution in [0.4, 0.5) is 0 Å². The van der Waals surface area contributed by atoms with Gasteiger partial charge in [-0.05, 0) is 45.2 Å². The molecule has 2 aromatic rings. The molecule has 3 rings (SSSR count). The van der Waals surface area contributed by atoms with Crippen LogP contribution in [-0.2, 0) is 0 Å². The van der Waals surface area contributed by atoms with Gasteiger partial charge in [0.2, 0.25) is 0 Å². The lowest BCUT2D eigenvalue weighted by atomic mass is 9.99. The molecule has 5 nitrogen and oxygen atoms in total. The Bertz CT molecular complexity index is 674. The Balaban J connectivity index is 1.74. The average Bonchev–Trinajstić information content (AvgIpc) is 3.05. The number of fused-ring (bicyclic) bond motifs is 1. The molecule has 21 heavy (non-hydrogen) atoms. The lowest BCUT2D eigenvalue weighted by Gasteiger charge is -2.25. The second kappa shape index (κ2) is 5.66. The molecule has 0 aliphatic heterocycles. The largest absolute Gasteiger partial charge is 0.297 e. The number of aromatic nitrogens is 3. The molecule has 1 aliphatic rings. The molecule has 0 spiro atoms. The summed E-state index contributed by atoms with van der Waals surface area (Å²) in [7, 11) is 0. The first-order valence-corrected chi connectivity index (χ1v) is 8.15. The van der Waals surface area contributed by atoms with Crippen LogP contribution in [0, 0.1) is 11.3 Å². The fourth-order valence-electron chi connectivity index (χ4n) is 2.97. The highest BCUT2D eigenvalue weighted by Gasteiger charge is 2.40. The monoisotopic (exact) mass is 301 g/mol. The van der Waals surface area contributed by atoms with E-state index in [2.05, 4.69) is 35.4 Å². The fourth-order valence-corrected chi connectivity index (χ4v) is 4.22. The maximum atomic E-state index is 9.53. The minimum Gasteiger partial charge on any atom is -0.297 e. The summed E-state index contributed by atoms with van der Waals surface area (Å²) in [6.07, 6.45) is 4.76. The van der Waals surface area contributed by atoms with E-state index < -0.39 is 0 Å². The van der Waals surface area contributed by atoms with Crippen LogP contribution in [0.1, 0.15) is 33.1 Å². The molecule has 2 aromatic heterocycles. The van der Waals surface area contributed by atoms with Crippen molar-refractivity contribution in [3.05, 3.63) is 24.4 Å².